The molecule has 0 aliphatic rings. The molecule has 0 heterocycles. The van der Waals surface area contributed by atoms with E-state index in [0.29, 0.717) is 15.2 Å². The second kappa shape index (κ2) is 6.08. The maximum atomic E-state index is 13.6. The average molecular weight is 381 g/mol. The maximum Gasteiger partial charge on any atom is 0.258 e. The van der Waals surface area contributed by atoms with Crippen LogP contribution in [0.4, 0.5) is 14.5 Å². The van der Waals surface area contributed by atoms with Crippen LogP contribution in [-0.4, -0.2) is 5.91 Å². The first-order chi connectivity index (χ1) is 9.38. The van der Waals surface area contributed by atoms with Crippen molar-refractivity contribution >= 4 is 50.7 Å². The molecular weight excluding hydrogens is 375 g/mol. The molecule has 0 aliphatic heterocycles. The molecular formula is C13H6BrCl2F2NO. The minimum absolute atomic E-state index is 0.383. The Labute approximate surface area is 131 Å². The van der Waals surface area contributed by atoms with Crippen molar-refractivity contribution in [3.63, 3.8) is 0 Å². The number of carbonyl (C=O) groups excluding carboxylic acids is 1. The normalized spacial score (nSPS) is 10.4. The van der Waals surface area contributed by atoms with Crippen LogP contribution in [0, 0.1) is 11.6 Å². The number of anilines is 1. The van der Waals surface area contributed by atoms with Crippen molar-refractivity contribution in [3.05, 3.63) is 62.0 Å². The van der Waals surface area contributed by atoms with Gasteiger partial charge in [-0.1, -0.05) is 23.2 Å². The third kappa shape index (κ3) is 3.29. The SMILES string of the molecule is O=C(Nc1ccc(Cl)cc1Br)c1cc(F)c(Cl)cc1F. The number of halogens is 5. The van der Waals surface area contributed by atoms with Gasteiger partial charge in [-0.3, -0.25) is 4.79 Å². The van der Waals surface area contributed by atoms with E-state index in [9.17, 15) is 13.6 Å². The smallest absolute Gasteiger partial charge is 0.258 e. The zero-order valence-corrected chi connectivity index (χ0v) is 12.8. The van der Waals surface area contributed by atoms with Crippen molar-refractivity contribution in [1.82, 2.24) is 0 Å². The topological polar surface area (TPSA) is 29.1 Å². The summed E-state index contributed by atoms with van der Waals surface area (Å²) in [6, 6.07) is 6.16. The first-order valence-corrected chi connectivity index (χ1v) is 6.84. The second-order valence-electron chi connectivity index (χ2n) is 3.82. The van der Waals surface area contributed by atoms with E-state index in [1.54, 1.807) is 12.1 Å². The van der Waals surface area contributed by atoms with Crippen LogP contribution >= 0.6 is 39.1 Å². The summed E-state index contributed by atoms with van der Waals surface area (Å²) in [5, 5.41) is 2.54. The Morgan fingerprint density at radius 1 is 1.10 bits per heavy atom. The molecule has 0 aliphatic carbocycles. The Morgan fingerprint density at radius 2 is 1.80 bits per heavy atom. The Balaban J connectivity index is 2.31. The van der Waals surface area contributed by atoms with Gasteiger partial charge in [-0.25, -0.2) is 8.78 Å². The lowest BCUT2D eigenvalue weighted by Gasteiger charge is -2.09. The van der Waals surface area contributed by atoms with Crippen molar-refractivity contribution in [2.24, 2.45) is 0 Å². The Bertz CT molecular complexity index is 694. The first-order valence-electron chi connectivity index (χ1n) is 5.29. The van der Waals surface area contributed by atoms with Gasteiger partial charge in [0.15, 0.2) is 0 Å². The van der Waals surface area contributed by atoms with E-state index in [1.165, 1.54) is 6.07 Å². The molecule has 104 valence electrons. The third-order valence-electron chi connectivity index (χ3n) is 2.43. The monoisotopic (exact) mass is 379 g/mol. The number of benzene rings is 2. The highest BCUT2D eigenvalue weighted by atomic mass is 79.9. The molecule has 0 saturated heterocycles. The van der Waals surface area contributed by atoms with E-state index < -0.39 is 23.1 Å². The molecule has 7 heteroatoms. The van der Waals surface area contributed by atoms with Gasteiger partial charge in [-0.2, -0.15) is 0 Å². The van der Waals surface area contributed by atoms with Gasteiger partial charge in [-0.15, -0.1) is 0 Å². The number of hydrogen-bond donors (Lipinski definition) is 1. The second-order valence-corrected chi connectivity index (χ2v) is 5.52. The summed E-state index contributed by atoms with van der Waals surface area (Å²) in [6.45, 7) is 0. The molecule has 0 atom stereocenters. The summed E-state index contributed by atoms with van der Waals surface area (Å²) in [6.07, 6.45) is 0. The van der Waals surface area contributed by atoms with Gasteiger partial charge in [0, 0.05) is 9.50 Å². The number of hydrogen-bond acceptors (Lipinski definition) is 1. The van der Waals surface area contributed by atoms with Gasteiger partial charge < -0.3 is 5.32 Å². The largest absolute Gasteiger partial charge is 0.321 e. The van der Waals surface area contributed by atoms with Crippen molar-refractivity contribution < 1.29 is 13.6 Å². The van der Waals surface area contributed by atoms with Crippen molar-refractivity contribution in [3.8, 4) is 0 Å². The highest BCUT2D eigenvalue weighted by molar-refractivity contribution is 9.10. The quantitative estimate of drug-likeness (QED) is 0.705. The molecule has 0 fully saturated rings. The molecule has 0 spiro atoms. The summed E-state index contributed by atoms with van der Waals surface area (Å²) in [5.41, 5.74) is -0.0529. The van der Waals surface area contributed by atoms with Crippen LogP contribution in [0.25, 0.3) is 0 Å². The summed E-state index contributed by atoms with van der Waals surface area (Å²) >= 11 is 14.4. The molecule has 0 bridgehead atoms. The predicted octanol–water partition coefficient (Wildman–Crippen LogP) is 5.29. The molecule has 0 aromatic heterocycles. The van der Waals surface area contributed by atoms with Gasteiger partial charge in [0.25, 0.3) is 5.91 Å². The van der Waals surface area contributed by atoms with Gasteiger partial charge in [0.2, 0.25) is 0 Å². The number of carbonyl (C=O) groups is 1. The number of amides is 1. The highest BCUT2D eigenvalue weighted by Gasteiger charge is 2.16. The van der Waals surface area contributed by atoms with E-state index in [-0.39, 0.29) is 5.02 Å². The molecule has 2 aromatic rings. The number of rotatable bonds is 2. The van der Waals surface area contributed by atoms with E-state index in [2.05, 4.69) is 21.2 Å². The summed E-state index contributed by atoms with van der Waals surface area (Å²) in [4.78, 5) is 11.9. The molecule has 2 rings (SSSR count). The van der Waals surface area contributed by atoms with Crippen molar-refractivity contribution in [1.29, 1.82) is 0 Å². The van der Waals surface area contributed by atoms with Crippen LogP contribution in [0.3, 0.4) is 0 Å². The van der Waals surface area contributed by atoms with Gasteiger partial charge in [0.1, 0.15) is 11.6 Å². The fourth-order valence-corrected chi connectivity index (χ4v) is 2.41. The maximum absolute atomic E-state index is 13.6. The van der Waals surface area contributed by atoms with Gasteiger partial charge >= 0.3 is 0 Å². The van der Waals surface area contributed by atoms with Crippen LogP contribution in [0.15, 0.2) is 34.8 Å². The van der Waals surface area contributed by atoms with Crippen LogP contribution in [-0.2, 0) is 0 Å². The average Bonchev–Trinajstić information content (AvgIpc) is 2.37. The fourth-order valence-electron chi connectivity index (χ4n) is 1.48. The summed E-state index contributed by atoms with van der Waals surface area (Å²) in [5.74, 6) is -2.56. The van der Waals surface area contributed by atoms with Crippen LogP contribution in [0.1, 0.15) is 10.4 Å². The molecule has 2 aromatic carbocycles. The standard InChI is InChI=1S/C13H6BrCl2F2NO/c14-8-3-6(15)1-2-12(8)19-13(20)7-4-11(18)9(16)5-10(7)17/h1-5H,(H,19,20). The minimum atomic E-state index is -0.904. The Morgan fingerprint density at radius 3 is 2.45 bits per heavy atom. The lowest BCUT2D eigenvalue weighted by atomic mass is 10.2. The van der Waals surface area contributed by atoms with Crippen molar-refractivity contribution in [2.75, 3.05) is 5.32 Å². The zero-order chi connectivity index (χ0) is 14.9. The number of nitrogens with one attached hydrogen (secondary N) is 1. The molecule has 0 unspecified atom stereocenters. The van der Waals surface area contributed by atoms with E-state index in [1.807, 2.05) is 0 Å². The highest BCUT2D eigenvalue weighted by Crippen LogP contribution is 2.27. The van der Waals surface area contributed by atoms with E-state index in [4.69, 9.17) is 23.2 Å². The molecule has 1 N–H and O–H groups in total. The lowest BCUT2D eigenvalue weighted by molar-refractivity contribution is 0.102. The zero-order valence-electron chi connectivity index (χ0n) is 9.68. The van der Waals surface area contributed by atoms with Crippen molar-refractivity contribution in [2.45, 2.75) is 0 Å². The summed E-state index contributed by atoms with van der Waals surface area (Å²) in [7, 11) is 0. The predicted molar refractivity (Wildman–Crippen MR) is 78.5 cm³/mol. The molecule has 20 heavy (non-hydrogen) atoms. The minimum Gasteiger partial charge on any atom is -0.321 e. The Hall–Kier alpha value is -1.17. The van der Waals surface area contributed by atoms with Gasteiger partial charge in [-0.05, 0) is 46.3 Å². The fraction of sp³-hybridized carbons (Fsp3) is 0. The van der Waals surface area contributed by atoms with Crippen LogP contribution < -0.4 is 5.32 Å². The third-order valence-corrected chi connectivity index (χ3v) is 3.61. The summed E-state index contributed by atoms with van der Waals surface area (Å²) < 4.78 is 27.4. The van der Waals surface area contributed by atoms with Gasteiger partial charge in [0.05, 0.1) is 16.3 Å². The molecule has 2 nitrogen and oxygen atoms in total. The Kier molecular flexibility index (Phi) is 4.62. The lowest BCUT2D eigenvalue weighted by Crippen LogP contribution is -2.14. The molecule has 0 saturated carbocycles. The molecule has 1 amide bonds. The van der Waals surface area contributed by atoms with E-state index >= 15 is 0 Å². The molecule has 0 radical (unpaired) electrons. The first kappa shape index (κ1) is 15.2. The van der Waals surface area contributed by atoms with Crippen LogP contribution in [0.2, 0.25) is 10.0 Å². The van der Waals surface area contributed by atoms with E-state index in [0.717, 1.165) is 12.1 Å². The van der Waals surface area contributed by atoms with Crippen LogP contribution in [0.5, 0.6) is 0 Å².